The number of sulfonamides is 1. The van der Waals surface area contributed by atoms with Crippen LogP contribution in [0, 0.1) is 12.8 Å². The van der Waals surface area contributed by atoms with Gasteiger partial charge in [-0.15, -0.1) is 0 Å². The minimum Gasteiger partial charge on any atom is -0.383 e. The van der Waals surface area contributed by atoms with Gasteiger partial charge in [0.05, 0.1) is 18.5 Å². The van der Waals surface area contributed by atoms with Crippen LogP contribution in [0.25, 0.3) is 0 Å². The van der Waals surface area contributed by atoms with Crippen molar-refractivity contribution < 1.29 is 13.2 Å². The molecule has 1 rings (SSSR count). The number of methoxy groups -OCH3 is 1. The van der Waals surface area contributed by atoms with Gasteiger partial charge in [0.15, 0.2) is 0 Å². The fourth-order valence-corrected chi connectivity index (χ4v) is 2.92. The molecular weight excluding hydrogens is 242 g/mol. The summed E-state index contributed by atoms with van der Waals surface area (Å²) in [6.45, 7) is 5.89. The molecule has 0 aliphatic carbocycles. The highest BCUT2D eigenvalue weighted by molar-refractivity contribution is 7.89. The topological polar surface area (TPSA) is 84.1 Å². The number of aryl methyl sites for hydroxylation is 1. The highest BCUT2D eigenvalue weighted by atomic mass is 32.2. The summed E-state index contributed by atoms with van der Waals surface area (Å²) in [6.07, 6.45) is 1.31. The Hall–Kier alpha value is -0.920. The standard InChI is InChI=1S/C10H19N3O3S/c1-7(2)9(6-16-4)13-17(14,15)10-5-11-12-8(10)3/h5,7,9,13H,6H2,1-4H3,(H,11,12). The van der Waals surface area contributed by atoms with Crippen LogP contribution in [0.15, 0.2) is 11.1 Å². The van der Waals surface area contributed by atoms with Crippen molar-refractivity contribution in [1.29, 1.82) is 0 Å². The smallest absolute Gasteiger partial charge is 0.244 e. The van der Waals surface area contributed by atoms with Crippen molar-refractivity contribution in [2.75, 3.05) is 13.7 Å². The van der Waals surface area contributed by atoms with Gasteiger partial charge in [-0.25, -0.2) is 13.1 Å². The Morgan fingerprint density at radius 2 is 2.18 bits per heavy atom. The number of nitrogens with zero attached hydrogens (tertiary/aromatic N) is 1. The van der Waals surface area contributed by atoms with Crippen molar-refractivity contribution in [3.05, 3.63) is 11.9 Å². The first kappa shape index (κ1) is 14.1. The maximum Gasteiger partial charge on any atom is 0.244 e. The van der Waals surface area contributed by atoms with Crippen LogP contribution in [-0.2, 0) is 14.8 Å². The number of hydrogen-bond donors (Lipinski definition) is 2. The summed E-state index contributed by atoms with van der Waals surface area (Å²) in [5, 5.41) is 6.32. The maximum atomic E-state index is 12.1. The van der Waals surface area contributed by atoms with E-state index in [1.807, 2.05) is 13.8 Å². The summed E-state index contributed by atoms with van der Waals surface area (Å²) in [5.41, 5.74) is 0.525. The van der Waals surface area contributed by atoms with Crippen LogP contribution >= 0.6 is 0 Å². The average molecular weight is 261 g/mol. The fourth-order valence-electron chi connectivity index (χ4n) is 1.42. The summed E-state index contributed by atoms with van der Waals surface area (Å²) in [4.78, 5) is 0.180. The molecule has 98 valence electrons. The Morgan fingerprint density at radius 3 is 2.59 bits per heavy atom. The zero-order valence-electron chi connectivity index (χ0n) is 10.5. The second-order valence-electron chi connectivity index (χ2n) is 4.29. The maximum absolute atomic E-state index is 12.1. The van der Waals surface area contributed by atoms with Gasteiger partial charge in [0, 0.05) is 13.2 Å². The molecule has 6 nitrogen and oxygen atoms in total. The molecule has 0 aromatic carbocycles. The Labute approximate surface area is 102 Å². The molecule has 1 aromatic rings. The molecule has 0 saturated carbocycles. The molecule has 1 atom stereocenters. The second-order valence-corrected chi connectivity index (χ2v) is 5.97. The van der Waals surface area contributed by atoms with Crippen molar-refractivity contribution >= 4 is 10.0 Å². The van der Waals surface area contributed by atoms with E-state index in [1.165, 1.54) is 6.20 Å². The summed E-state index contributed by atoms with van der Waals surface area (Å²) in [7, 11) is -1.99. The van der Waals surface area contributed by atoms with Gasteiger partial charge in [0.1, 0.15) is 4.90 Å². The van der Waals surface area contributed by atoms with Crippen molar-refractivity contribution in [1.82, 2.24) is 14.9 Å². The van der Waals surface area contributed by atoms with Gasteiger partial charge in [-0.3, -0.25) is 5.10 Å². The van der Waals surface area contributed by atoms with E-state index >= 15 is 0 Å². The summed E-state index contributed by atoms with van der Waals surface area (Å²) >= 11 is 0. The minimum absolute atomic E-state index is 0.150. The predicted octanol–water partition coefficient (Wildman–Crippen LogP) is 0.667. The van der Waals surface area contributed by atoms with Crippen LogP contribution in [0.2, 0.25) is 0 Å². The number of aromatic amines is 1. The van der Waals surface area contributed by atoms with Crippen LogP contribution < -0.4 is 4.72 Å². The second kappa shape index (κ2) is 5.61. The molecule has 0 amide bonds. The normalized spacial score (nSPS) is 14.2. The van der Waals surface area contributed by atoms with Gasteiger partial charge < -0.3 is 4.74 Å². The van der Waals surface area contributed by atoms with E-state index in [1.54, 1.807) is 14.0 Å². The van der Waals surface area contributed by atoms with Crippen LogP contribution in [-0.4, -0.2) is 38.4 Å². The lowest BCUT2D eigenvalue weighted by Crippen LogP contribution is -2.41. The van der Waals surface area contributed by atoms with Gasteiger partial charge in [-0.1, -0.05) is 13.8 Å². The zero-order chi connectivity index (χ0) is 13.1. The molecule has 1 unspecified atom stereocenters. The number of H-pyrrole nitrogens is 1. The number of rotatable bonds is 6. The van der Waals surface area contributed by atoms with E-state index in [0.29, 0.717) is 12.3 Å². The SMILES string of the molecule is COCC(NS(=O)(=O)c1cn[nH]c1C)C(C)C. The number of ether oxygens (including phenoxy) is 1. The number of aromatic nitrogens is 2. The number of hydrogen-bond acceptors (Lipinski definition) is 4. The van der Waals surface area contributed by atoms with E-state index in [2.05, 4.69) is 14.9 Å². The summed E-state index contributed by atoms with van der Waals surface area (Å²) in [5.74, 6) is 0.150. The monoisotopic (exact) mass is 261 g/mol. The molecule has 0 aliphatic heterocycles. The summed E-state index contributed by atoms with van der Waals surface area (Å²) < 4.78 is 31.8. The molecule has 0 spiro atoms. The van der Waals surface area contributed by atoms with E-state index in [4.69, 9.17) is 4.74 Å². The van der Waals surface area contributed by atoms with Crippen molar-refractivity contribution in [2.45, 2.75) is 31.7 Å². The van der Waals surface area contributed by atoms with Gasteiger partial charge in [0.2, 0.25) is 10.0 Å². The highest BCUT2D eigenvalue weighted by Gasteiger charge is 2.24. The highest BCUT2D eigenvalue weighted by Crippen LogP contribution is 2.13. The average Bonchev–Trinajstić information content (AvgIpc) is 2.64. The quantitative estimate of drug-likeness (QED) is 0.788. The van der Waals surface area contributed by atoms with Crippen LogP contribution in [0.5, 0.6) is 0 Å². The third-order valence-corrected chi connectivity index (χ3v) is 4.13. The van der Waals surface area contributed by atoms with Gasteiger partial charge in [-0.05, 0) is 12.8 Å². The third-order valence-electron chi connectivity index (χ3n) is 2.53. The van der Waals surface area contributed by atoms with Gasteiger partial charge in [0.25, 0.3) is 0 Å². The zero-order valence-corrected chi connectivity index (χ0v) is 11.3. The lowest BCUT2D eigenvalue weighted by atomic mass is 10.1. The number of nitrogens with one attached hydrogen (secondary N) is 2. The lowest BCUT2D eigenvalue weighted by molar-refractivity contribution is 0.157. The molecule has 0 fully saturated rings. The van der Waals surface area contributed by atoms with Crippen molar-refractivity contribution in [2.24, 2.45) is 5.92 Å². The Balaban J connectivity index is 2.89. The molecule has 0 aliphatic rings. The first-order valence-corrected chi connectivity index (χ1v) is 6.88. The molecule has 1 heterocycles. The van der Waals surface area contributed by atoms with Crippen LogP contribution in [0.4, 0.5) is 0 Å². The Bertz CT molecular complexity index is 453. The van der Waals surface area contributed by atoms with Crippen molar-refractivity contribution in [3.63, 3.8) is 0 Å². The van der Waals surface area contributed by atoms with Gasteiger partial charge in [-0.2, -0.15) is 5.10 Å². The van der Waals surface area contributed by atoms with Crippen LogP contribution in [0.1, 0.15) is 19.5 Å². The van der Waals surface area contributed by atoms with E-state index < -0.39 is 10.0 Å². The molecule has 0 radical (unpaired) electrons. The largest absolute Gasteiger partial charge is 0.383 e. The predicted molar refractivity (Wildman–Crippen MR) is 64.1 cm³/mol. The first-order chi connectivity index (χ1) is 7.88. The molecule has 17 heavy (non-hydrogen) atoms. The van der Waals surface area contributed by atoms with E-state index in [-0.39, 0.29) is 16.9 Å². The molecular formula is C10H19N3O3S. The molecule has 0 saturated heterocycles. The molecule has 2 N–H and O–H groups in total. The van der Waals surface area contributed by atoms with E-state index in [0.717, 1.165) is 0 Å². The Morgan fingerprint density at radius 1 is 1.53 bits per heavy atom. The molecule has 1 aromatic heterocycles. The fraction of sp³-hybridized carbons (Fsp3) is 0.700. The first-order valence-electron chi connectivity index (χ1n) is 5.39. The van der Waals surface area contributed by atoms with Crippen LogP contribution in [0.3, 0.4) is 0 Å². The summed E-state index contributed by atoms with van der Waals surface area (Å²) in [6, 6.07) is -0.251. The molecule has 7 heteroatoms. The van der Waals surface area contributed by atoms with Gasteiger partial charge >= 0.3 is 0 Å². The third kappa shape index (κ3) is 3.52. The van der Waals surface area contributed by atoms with E-state index in [9.17, 15) is 8.42 Å². The Kier molecular flexibility index (Phi) is 4.67. The van der Waals surface area contributed by atoms with Crippen molar-refractivity contribution in [3.8, 4) is 0 Å². The minimum atomic E-state index is -3.54. The molecule has 0 bridgehead atoms. The lowest BCUT2D eigenvalue weighted by Gasteiger charge is -2.21.